The number of nitrogens with one attached hydrogen (secondary N) is 4. The summed E-state index contributed by atoms with van der Waals surface area (Å²) in [5.41, 5.74) is 0.219. The number of carbonyl (C=O) groups is 2. The van der Waals surface area contributed by atoms with Crippen LogP contribution in [0.1, 0.15) is 50.0 Å². The quantitative estimate of drug-likeness (QED) is 0.103. The summed E-state index contributed by atoms with van der Waals surface area (Å²) in [6.07, 6.45) is -1.79. The van der Waals surface area contributed by atoms with Crippen LogP contribution in [0.2, 0.25) is 0 Å². The van der Waals surface area contributed by atoms with Crippen molar-refractivity contribution in [3.05, 3.63) is 71.2 Å². The topological polar surface area (TPSA) is 267 Å². The van der Waals surface area contributed by atoms with Gasteiger partial charge in [0.25, 0.3) is 11.5 Å². The number of H-pyrrole nitrogens is 1. The first-order chi connectivity index (χ1) is 25.8. The maximum Gasteiger partial charge on any atom is 0.336 e. The molecule has 0 saturated carbocycles. The van der Waals surface area contributed by atoms with Crippen LogP contribution in [0.4, 0.5) is 11.8 Å². The van der Waals surface area contributed by atoms with Crippen molar-refractivity contribution in [2.24, 2.45) is 11.8 Å². The van der Waals surface area contributed by atoms with Crippen LogP contribution in [0.15, 0.2) is 60.0 Å². The number of benzene rings is 1. The van der Waals surface area contributed by atoms with Gasteiger partial charge in [-0.2, -0.15) is 18.1 Å². The number of aromatic amines is 1. The third-order valence-corrected chi connectivity index (χ3v) is 10.4. The molecular formula is C33H38N10O10S. The summed E-state index contributed by atoms with van der Waals surface area (Å²) in [5, 5.41) is 27.0. The molecule has 1 aromatic carbocycles. The Morgan fingerprint density at radius 3 is 2.57 bits per heavy atom. The second-order valence-electron chi connectivity index (χ2n) is 13.3. The van der Waals surface area contributed by atoms with E-state index in [-0.39, 0.29) is 53.6 Å². The van der Waals surface area contributed by atoms with Gasteiger partial charge < -0.3 is 29.6 Å². The molecule has 5 aromatic rings. The molecule has 0 spiro atoms. The van der Waals surface area contributed by atoms with E-state index >= 15 is 0 Å². The predicted octanol–water partition coefficient (Wildman–Crippen LogP) is 0.805. The van der Waals surface area contributed by atoms with Gasteiger partial charge in [-0.05, 0) is 18.2 Å². The van der Waals surface area contributed by atoms with Crippen molar-refractivity contribution in [2.45, 2.75) is 64.1 Å². The zero-order chi connectivity index (χ0) is 38.3. The number of fused-ring (bicyclic) bond motifs is 2. The predicted molar refractivity (Wildman–Crippen MR) is 190 cm³/mol. The summed E-state index contributed by atoms with van der Waals surface area (Å²) in [6.45, 7) is 4.18. The normalized spacial score (nSPS) is 24.4. The van der Waals surface area contributed by atoms with Crippen LogP contribution < -0.4 is 20.9 Å². The van der Waals surface area contributed by atoms with Gasteiger partial charge in [-0.25, -0.2) is 15.0 Å². The summed E-state index contributed by atoms with van der Waals surface area (Å²) >= 11 is 0. The van der Waals surface area contributed by atoms with Crippen LogP contribution in [-0.2, 0) is 28.8 Å². The molecule has 4 aromatic heterocycles. The lowest BCUT2D eigenvalue weighted by atomic mass is 10.0. The van der Waals surface area contributed by atoms with Crippen LogP contribution in [0.5, 0.6) is 0 Å². The van der Waals surface area contributed by atoms with E-state index in [1.807, 2.05) is 0 Å². The number of aromatic nitrogens is 7. The second kappa shape index (κ2) is 14.9. The number of amides is 2. The zero-order valence-corrected chi connectivity index (χ0v) is 30.0. The van der Waals surface area contributed by atoms with Crippen molar-refractivity contribution < 1.29 is 41.9 Å². The molecule has 20 nitrogen and oxygen atoms in total. The number of nitrogens with zero attached hydrogens (tertiary/aromatic N) is 6. The van der Waals surface area contributed by atoms with Crippen molar-refractivity contribution in [3.8, 4) is 0 Å². The molecule has 54 heavy (non-hydrogen) atoms. The first kappa shape index (κ1) is 37.2. The van der Waals surface area contributed by atoms with Gasteiger partial charge in [0.2, 0.25) is 11.9 Å². The van der Waals surface area contributed by atoms with E-state index in [4.69, 9.17) is 13.7 Å². The molecule has 2 fully saturated rings. The Balaban J connectivity index is 1.01. The van der Waals surface area contributed by atoms with E-state index in [1.165, 1.54) is 17.2 Å². The maximum absolute atomic E-state index is 13.2. The molecule has 7 rings (SSSR count). The first-order valence-electron chi connectivity index (χ1n) is 17.1. The maximum atomic E-state index is 13.2. The lowest BCUT2D eigenvalue weighted by molar-refractivity contribution is -0.118. The molecule has 6 heterocycles. The van der Waals surface area contributed by atoms with Crippen molar-refractivity contribution >= 4 is 56.1 Å². The Morgan fingerprint density at radius 1 is 1.06 bits per heavy atom. The number of hydrogen-bond donors (Lipinski definition) is 6. The number of imidazole rings is 1. The van der Waals surface area contributed by atoms with Gasteiger partial charge >= 0.3 is 10.3 Å². The fourth-order valence-corrected chi connectivity index (χ4v) is 7.31. The molecule has 0 bridgehead atoms. The number of rotatable bonds is 12. The van der Waals surface area contributed by atoms with E-state index in [9.17, 15) is 33.0 Å². The summed E-state index contributed by atoms with van der Waals surface area (Å²) in [4.78, 5) is 57.1. The zero-order valence-electron chi connectivity index (χ0n) is 29.2. The number of aliphatic hydroxyl groups excluding tert-OH is 2. The standard InChI is InChI=1S/C33H38N10O10S/c1-16(2)29(46)40-33-39-28-24(31(48)41-33)36-15-43(28)32-25(45)17(3)21(52-32)12-37-54(49,50)53-20-11-23(51-22(20)13-44)42-10-9-19-26(34-14-35-27(19)42)38-30(47)18-7-5-4-6-8-18/h4-10,14-17,20-23,25,32,37,44-45H,11-13H2,1-3H3,(H,34,35,38,47)(H2,39,40,41,46,48)/t17-,20+,21-,22-,23?,25-,32-/m1/s1. The SMILES string of the molecule is CC(C)C(=O)Nc1nc2c(ncn2[C@@H]2O[C@H](CNS(=O)(=O)O[C@H]3CC(n4ccc5c(NC(=O)c6ccccc6)ncnc54)O[C@@H]3CO)[C@@H](C)[C@H]2O)c(=O)[nH]1. The minimum atomic E-state index is -4.46. The lowest BCUT2D eigenvalue weighted by Gasteiger charge is -2.19. The molecule has 1 unspecified atom stereocenters. The Labute approximate surface area is 307 Å². The lowest BCUT2D eigenvalue weighted by Crippen LogP contribution is -2.40. The van der Waals surface area contributed by atoms with E-state index in [1.54, 1.807) is 67.9 Å². The van der Waals surface area contributed by atoms with Crippen molar-refractivity contribution in [1.29, 1.82) is 0 Å². The van der Waals surface area contributed by atoms with Crippen molar-refractivity contribution in [2.75, 3.05) is 23.8 Å². The summed E-state index contributed by atoms with van der Waals surface area (Å²) in [6, 6.07) is 10.3. The largest absolute Gasteiger partial charge is 0.394 e. The molecule has 2 aliphatic rings. The van der Waals surface area contributed by atoms with E-state index in [0.717, 1.165) is 0 Å². The van der Waals surface area contributed by atoms with E-state index in [2.05, 4.69) is 40.3 Å². The molecule has 286 valence electrons. The van der Waals surface area contributed by atoms with Crippen LogP contribution in [-0.4, -0.2) is 102 Å². The highest BCUT2D eigenvalue weighted by Gasteiger charge is 2.44. The smallest absolute Gasteiger partial charge is 0.336 e. The molecule has 2 aliphatic heterocycles. The molecule has 0 radical (unpaired) electrons. The first-order valence-corrected chi connectivity index (χ1v) is 18.5. The molecule has 7 atom stereocenters. The van der Waals surface area contributed by atoms with E-state index in [0.29, 0.717) is 16.6 Å². The van der Waals surface area contributed by atoms with E-state index < -0.39 is 65.3 Å². The molecule has 21 heteroatoms. The number of hydrogen-bond acceptors (Lipinski definition) is 14. The highest BCUT2D eigenvalue weighted by Crippen LogP contribution is 2.36. The van der Waals surface area contributed by atoms with Crippen LogP contribution in [0.25, 0.3) is 22.2 Å². The molecule has 0 aliphatic carbocycles. The van der Waals surface area contributed by atoms with Gasteiger partial charge in [0.05, 0.1) is 24.4 Å². The Kier molecular flexibility index (Phi) is 10.3. The number of aliphatic hydroxyl groups is 2. The minimum absolute atomic E-state index is 0.0161. The molecular weight excluding hydrogens is 728 g/mol. The number of ether oxygens (including phenoxy) is 2. The second-order valence-corrected chi connectivity index (χ2v) is 14.7. The third kappa shape index (κ3) is 7.33. The fourth-order valence-electron chi connectivity index (χ4n) is 6.35. The van der Waals surface area contributed by atoms with Gasteiger partial charge in [-0.15, -0.1) is 0 Å². The average molecular weight is 767 g/mol. The Hall–Kier alpha value is -5.16. The summed E-state index contributed by atoms with van der Waals surface area (Å²) < 4.78 is 49.3. The Bertz CT molecular complexity index is 2350. The molecule has 2 saturated heterocycles. The van der Waals surface area contributed by atoms with Crippen LogP contribution in [0.3, 0.4) is 0 Å². The van der Waals surface area contributed by atoms with Crippen LogP contribution >= 0.6 is 0 Å². The Morgan fingerprint density at radius 2 is 1.83 bits per heavy atom. The summed E-state index contributed by atoms with van der Waals surface area (Å²) in [7, 11) is -4.46. The molecule has 2 amide bonds. The molecule has 6 N–H and O–H groups in total. The van der Waals surface area contributed by atoms with Crippen molar-refractivity contribution in [1.82, 2.24) is 38.8 Å². The van der Waals surface area contributed by atoms with Gasteiger partial charge in [0.15, 0.2) is 17.4 Å². The third-order valence-electron chi connectivity index (χ3n) is 9.36. The fraction of sp³-hybridized carbons (Fsp3) is 0.424. The van der Waals surface area contributed by atoms with Crippen LogP contribution in [0, 0.1) is 11.8 Å². The minimum Gasteiger partial charge on any atom is -0.394 e. The number of anilines is 2. The average Bonchev–Trinajstić information content (AvgIpc) is 3.93. The van der Waals surface area contributed by atoms with Gasteiger partial charge in [0.1, 0.15) is 42.3 Å². The highest BCUT2D eigenvalue weighted by molar-refractivity contribution is 7.84. The van der Waals surface area contributed by atoms with Crippen molar-refractivity contribution in [3.63, 3.8) is 0 Å². The van der Waals surface area contributed by atoms with Gasteiger partial charge in [-0.1, -0.05) is 39.0 Å². The highest BCUT2D eigenvalue weighted by atomic mass is 32.2. The number of carbonyl (C=O) groups excluding carboxylic acids is 2. The van der Waals surface area contributed by atoms with Gasteiger partial charge in [0, 0.05) is 36.6 Å². The van der Waals surface area contributed by atoms with Gasteiger partial charge in [-0.3, -0.25) is 33.4 Å². The summed E-state index contributed by atoms with van der Waals surface area (Å²) in [5.74, 6) is -1.56. The monoisotopic (exact) mass is 766 g/mol.